The summed E-state index contributed by atoms with van der Waals surface area (Å²) in [5, 5.41) is 23.1. The van der Waals surface area contributed by atoms with Crippen LogP contribution in [0.25, 0.3) is 11.3 Å². The fourth-order valence-corrected chi connectivity index (χ4v) is 4.42. The van der Waals surface area contributed by atoms with Gasteiger partial charge in [-0.3, -0.25) is 0 Å². The third-order valence-corrected chi connectivity index (χ3v) is 6.56. The number of halogens is 3. The van der Waals surface area contributed by atoms with Gasteiger partial charge in [0.2, 0.25) is 0 Å². The molecule has 0 aliphatic heterocycles. The number of hydrogen-bond acceptors (Lipinski definition) is 5. The molecule has 1 aromatic heterocycles. The van der Waals surface area contributed by atoms with Gasteiger partial charge in [-0.05, 0) is 62.3 Å². The highest BCUT2D eigenvalue weighted by Gasteiger charge is 2.31. The first-order valence-electron chi connectivity index (χ1n) is 13.3. The summed E-state index contributed by atoms with van der Waals surface area (Å²) in [6.45, 7) is 7.03. The SMILES string of the molecule is CCCCCC[C@H](CC)Nc1nnc(-c2ccc(C(F)(F)F)cc2O)c(CCCOC)c1CCCC. The summed E-state index contributed by atoms with van der Waals surface area (Å²) in [4.78, 5) is 0. The zero-order chi connectivity index (χ0) is 26.6. The summed E-state index contributed by atoms with van der Waals surface area (Å²) in [5.41, 5.74) is 1.75. The van der Waals surface area contributed by atoms with E-state index in [1.807, 2.05) is 0 Å². The first-order chi connectivity index (χ1) is 17.3. The van der Waals surface area contributed by atoms with Crippen LogP contribution < -0.4 is 5.32 Å². The third-order valence-electron chi connectivity index (χ3n) is 6.56. The lowest BCUT2D eigenvalue weighted by Crippen LogP contribution is -2.22. The van der Waals surface area contributed by atoms with Crippen molar-refractivity contribution in [3.8, 4) is 17.0 Å². The Labute approximate surface area is 213 Å². The van der Waals surface area contributed by atoms with Crippen molar-refractivity contribution in [2.45, 2.75) is 104 Å². The number of phenols is 1. The van der Waals surface area contributed by atoms with E-state index in [4.69, 9.17) is 4.74 Å². The topological polar surface area (TPSA) is 67.3 Å². The second-order valence-electron chi connectivity index (χ2n) is 9.38. The molecule has 1 atom stereocenters. The first kappa shape index (κ1) is 29.9. The number of unbranched alkanes of at least 4 members (excludes halogenated alkanes) is 4. The number of rotatable bonds is 16. The maximum Gasteiger partial charge on any atom is 0.416 e. The Bertz CT molecular complexity index is 935. The molecule has 36 heavy (non-hydrogen) atoms. The van der Waals surface area contributed by atoms with E-state index in [1.54, 1.807) is 7.11 Å². The van der Waals surface area contributed by atoms with Crippen LogP contribution in [0.4, 0.5) is 19.0 Å². The number of aromatic hydroxyl groups is 1. The Kier molecular flexibility index (Phi) is 12.5. The van der Waals surface area contributed by atoms with Gasteiger partial charge in [-0.15, -0.1) is 10.2 Å². The first-order valence-corrected chi connectivity index (χ1v) is 13.3. The number of nitrogens with one attached hydrogen (secondary N) is 1. The van der Waals surface area contributed by atoms with E-state index >= 15 is 0 Å². The summed E-state index contributed by atoms with van der Waals surface area (Å²) in [7, 11) is 1.64. The molecule has 5 nitrogen and oxygen atoms in total. The van der Waals surface area contributed by atoms with Crippen LogP contribution in [0.5, 0.6) is 5.75 Å². The van der Waals surface area contributed by atoms with Crippen molar-refractivity contribution < 1.29 is 23.0 Å². The van der Waals surface area contributed by atoms with Crippen LogP contribution in [0.1, 0.15) is 95.2 Å². The third kappa shape index (κ3) is 8.64. The van der Waals surface area contributed by atoms with Crippen molar-refractivity contribution in [3.63, 3.8) is 0 Å². The molecule has 2 rings (SSSR count). The molecule has 0 bridgehead atoms. The standard InChI is InChI=1S/C28H42F3N3O2/c1-5-8-10-11-13-21(7-3)32-27-23(14-9-6-2)22(15-12-18-36-4)26(33-34-27)24-17-16-20(19-25(24)35)28(29,30)31/h16-17,19,21,35H,5-15,18H2,1-4H3,(H,32,34)/t21-/m0/s1. The fraction of sp³-hybridized carbons (Fsp3) is 0.643. The minimum atomic E-state index is -4.53. The molecule has 0 fully saturated rings. The number of aromatic nitrogens is 2. The summed E-state index contributed by atoms with van der Waals surface area (Å²) < 4.78 is 44.8. The highest BCUT2D eigenvalue weighted by Crippen LogP contribution is 2.39. The van der Waals surface area contributed by atoms with Crippen LogP contribution in [0.3, 0.4) is 0 Å². The Morgan fingerprint density at radius 1 is 0.944 bits per heavy atom. The van der Waals surface area contributed by atoms with Crippen molar-refractivity contribution in [2.24, 2.45) is 0 Å². The van der Waals surface area contributed by atoms with Crippen molar-refractivity contribution in [1.82, 2.24) is 10.2 Å². The zero-order valence-corrected chi connectivity index (χ0v) is 22.2. The van der Waals surface area contributed by atoms with Crippen molar-refractivity contribution in [3.05, 3.63) is 34.9 Å². The van der Waals surface area contributed by atoms with Gasteiger partial charge < -0.3 is 15.2 Å². The van der Waals surface area contributed by atoms with Gasteiger partial charge in [0.15, 0.2) is 5.82 Å². The summed E-state index contributed by atoms with van der Waals surface area (Å²) in [6, 6.07) is 3.31. The van der Waals surface area contributed by atoms with Crippen LogP contribution in [0, 0.1) is 0 Å². The van der Waals surface area contributed by atoms with Crippen LogP contribution in [0.2, 0.25) is 0 Å². The van der Waals surface area contributed by atoms with Crippen molar-refractivity contribution >= 4 is 5.82 Å². The lowest BCUT2D eigenvalue weighted by atomic mass is 9.93. The molecule has 2 aromatic rings. The normalized spacial score (nSPS) is 12.6. The maximum absolute atomic E-state index is 13.2. The van der Waals surface area contributed by atoms with Gasteiger partial charge in [-0.25, -0.2) is 0 Å². The van der Waals surface area contributed by atoms with Crippen molar-refractivity contribution in [1.29, 1.82) is 0 Å². The molecular formula is C28H42F3N3O2. The number of methoxy groups -OCH3 is 1. The number of hydrogen-bond donors (Lipinski definition) is 2. The lowest BCUT2D eigenvalue weighted by molar-refractivity contribution is -0.137. The summed E-state index contributed by atoms with van der Waals surface area (Å²) >= 11 is 0. The molecule has 0 unspecified atom stereocenters. The minimum absolute atomic E-state index is 0.263. The Morgan fingerprint density at radius 2 is 1.67 bits per heavy atom. The van der Waals surface area contributed by atoms with Crippen LogP contribution in [0.15, 0.2) is 18.2 Å². The molecule has 0 spiro atoms. The Morgan fingerprint density at radius 3 is 2.28 bits per heavy atom. The zero-order valence-electron chi connectivity index (χ0n) is 22.2. The molecule has 0 radical (unpaired) electrons. The van der Waals surface area contributed by atoms with E-state index < -0.39 is 17.5 Å². The van der Waals surface area contributed by atoms with Gasteiger partial charge in [-0.1, -0.05) is 52.9 Å². The average molecular weight is 510 g/mol. The molecule has 8 heteroatoms. The largest absolute Gasteiger partial charge is 0.507 e. The Balaban J connectivity index is 2.51. The average Bonchev–Trinajstić information content (AvgIpc) is 2.85. The second-order valence-corrected chi connectivity index (χ2v) is 9.38. The Hall–Kier alpha value is -2.35. The predicted octanol–water partition coefficient (Wildman–Crippen LogP) is 7.95. The summed E-state index contributed by atoms with van der Waals surface area (Å²) in [6.07, 6.45) is 6.32. The molecule has 0 saturated heterocycles. The number of benzene rings is 1. The molecule has 202 valence electrons. The number of ether oxygens (including phenoxy) is 1. The van der Waals surface area contributed by atoms with E-state index in [1.165, 1.54) is 25.3 Å². The summed E-state index contributed by atoms with van der Waals surface area (Å²) in [5.74, 6) is 0.296. The fourth-order valence-electron chi connectivity index (χ4n) is 4.42. The van der Waals surface area contributed by atoms with E-state index in [0.29, 0.717) is 18.7 Å². The molecule has 0 amide bonds. The number of phenolic OH excluding ortho intramolecular Hbond substituents is 1. The van der Waals surface area contributed by atoms with E-state index in [-0.39, 0.29) is 11.6 Å². The molecule has 0 aliphatic carbocycles. The van der Waals surface area contributed by atoms with Gasteiger partial charge in [0.1, 0.15) is 11.4 Å². The monoisotopic (exact) mass is 509 g/mol. The lowest BCUT2D eigenvalue weighted by Gasteiger charge is -2.23. The maximum atomic E-state index is 13.2. The molecule has 0 saturated carbocycles. The van der Waals surface area contributed by atoms with Gasteiger partial charge in [0.25, 0.3) is 0 Å². The van der Waals surface area contributed by atoms with Crippen LogP contribution >= 0.6 is 0 Å². The quantitative estimate of drug-likeness (QED) is 0.225. The predicted molar refractivity (Wildman–Crippen MR) is 139 cm³/mol. The van der Waals surface area contributed by atoms with Crippen molar-refractivity contribution in [2.75, 3.05) is 19.0 Å². The molecular weight excluding hydrogens is 467 g/mol. The molecule has 1 heterocycles. The molecule has 0 aliphatic rings. The van der Waals surface area contributed by atoms with Crippen LogP contribution in [-0.2, 0) is 23.8 Å². The van der Waals surface area contributed by atoms with Crippen LogP contribution in [-0.4, -0.2) is 35.1 Å². The number of alkyl halides is 3. The van der Waals surface area contributed by atoms with E-state index in [2.05, 4.69) is 36.3 Å². The van der Waals surface area contributed by atoms with E-state index in [0.717, 1.165) is 74.0 Å². The van der Waals surface area contributed by atoms with Gasteiger partial charge in [0.05, 0.1) is 5.56 Å². The minimum Gasteiger partial charge on any atom is -0.507 e. The molecule has 2 N–H and O–H groups in total. The number of nitrogens with zero attached hydrogens (tertiary/aromatic N) is 2. The van der Waals surface area contributed by atoms with Gasteiger partial charge in [0, 0.05) is 30.9 Å². The second kappa shape index (κ2) is 15.0. The highest BCUT2D eigenvalue weighted by atomic mass is 19.4. The van der Waals surface area contributed by atoms with E-state index in [9.17, 15) is 18.3 Å². The highest BCUT2D eigenvalue weighted by molar-refractivity contribution is 5.73. The van der Waals surface area contributed by atoms with Gasteiger partial charge in [-0.2, -0.15) is 13.2 Å². The number of anilines is 1. The van der Waals surface area contributed by atoms with Gasteiger partial charge >= 0.3 is 6.18 Å². The molecule has 1 aromatic carbocycles. The smallest absolute Gasteiger partial charge is 0.416 e.